The van der Waals surface area contributed by atoms with Crippen molar-refractivity contribution in [1.82, 2.24) is 20.2 Å². The van der Waals surface area contributed by atoms with Gasteiger partial charge in [-0.15, -0.1) is 5.10 Å². The molecule has 0 spiro atoms. The predicted octanol–water partition coefficient (Wildman–Crippen LogP) is 3.95. The monoisotopic (exact) mass is 383 g/mol. The summed E-state index contributed by atoms with van der Waals surface area (Å²) in [5.41, 5.74) is 0.466. The predicted molar refractivity (Wildman–Crippen MR) is 105 cm³/mol. The lowest BCUT2D eigenvalue weighted by molar-refractivity contribution is -0.113. The topological polar surface area (TPSA) is 81.9 Å². The lowest BCUT2D eigenvalue weighted by Gasteiger charge is -2.19. The SMILES string of the molecule is CC(C)(C)n1nnnc1SCC(=O)Nc1ccc(Oc2ccccc2)cc1. The Morgan fingerprint density at radius 3 is 2.41 bits per heavy atom. The van der Waals surface area contributed by atoms with E-state index in [2.05, 4.69) is 20.8 Å². The number of carbonyl (C=O) groups excluding carboxylic acids is 1. The summed E-state index contributed by atoms with van der Waals surface area (Å²) >= 11 is 1.30. The lowest BCUT2D eigenvalue weighted by Crippen LogP contribution is -2.24. The molecule has 0 fully saturated rings. The molecule has 1 N–H and O–H groups in total. The van der Waals surface area contributed by atoms with Gasteiger partial charge in [-0.1, -0.05) is 30.0 Å². The number of carbonyl (C=O) groups is 1. The van der Waals surface area contributed by atoms with Crippen molar-refractivity contribution < 1.29 is 9.53 Å². The summed E-state index contributed by atoms with van der Waals surface area (Å²) in [4.78, 5) is 12.2. The first-order valence-electron chi connectivity index (χ1n) is 8.46. The number of hydrogen-bond donors (Lipinski definition) is 1. The van der Waals surface area contributed by atoms with Gasteiger partial charge in [0.1, 0.15) is 11.5 Å². The number of nitrogens with one attached hydrogen (secondary N) is 1. The molecule has 0 atom stereocenters. The maximum Gasteiger partial charge on any atom is 0.234 e. The van der Waals surface area contributed by atoms with Gasteiger partial charge in [0.15, 0.2) is 0 Å². The van der Waals surface area contributed by atoms with Crippen LogP contribution in [0, 0.1) is 0 Å². The fourth-order valence-corrected chi connectivity index (χ4v) is 3.11. The van der Waals surface area contributed by atoms with Crippen molar-refractivity contribution in [2.24, 2.45) is 0 Å². The van der Waals surface area contributed by atoms with Gasteiger partial charge in [-0.25, -0.2) is 4.68 Å². The zero-order chi connectivity index (χ0) is 19.3. The van der Waals surface area contributed by atoms with E-state index < -0.39 is 0 Å². The number of amides is 1. The standard InChI is InChI=1S/C19H21N5O2S/c1-19(2,3)24-18(21-22-23-24)27-13-17(25)20-14-9-11-16(12-10-14)26-15-7-5-4-6-8-15/h4-12H,13H2,1-3H3,(H,20,25). The van der Waals surface area contributed by atoms with Crippen molar-refractivity contribution in [3.63, 3.8) is 0 Å². The van der Waals surface area contributed by atoms with Crippen molar-refractivity contribution in [2.75, 3.05) is 11.1 Å². The molecular formula is C19H21N5O2S. The van der Waals surface area contributed by atoms with Crippen LogP contribution in [0.25, 0.3) is 0 Å². The minimum absolute atomic E-state index is 0.125. The van der Waals surface area contributed by atoms with E-state index in [1.54, 1.807) is 16.8 Å². The van der Waals surface area contributed by atoms with Gasteiger partial charge in [0.25, 0.3) is 0 Å². The fourth-order valence-electron chi connectivity index (χ4n) is 2.25. The van der Waals surface area contributed by atoms with E-state index in [0.717, 1.165) is 5.75 Å². The highest BCUT2D eigenvalue weighted by molar-refractivity contribution is 7.99. The average Bonchev–Trinajstić information content (AvgIpc) is 3.12. The van der Waals surface area contributed by atoms with E-state index >= 15 is 0 Å². The molecule has 3 rings (SSSR count). The molecule has 0 aliphatic rings. The Hall–Kier alpha value is -2.87. The number of hydrogen-bond acceptors (Lipinski definition) is 6. The van der Waals surface area contributed by atoms with E-state index in [-0.39, 0.29) is 17.2 Å². The summed E-state index contributed by atoms with van der Waals surface area (Å²) in [6.45, 7) is 6.02. The van der Waals surface area contributed by atoms with Gasteiger partial charge in [-0.2, -0.15) is 0 Å². The first-order valence-corrected chi connectivity index (χ1v) is 9.45. The Bertz CT molecular complexity index is 888. The molecule has 0 radical (unpaired) electrons. The summed E-state index contributed by atoms with van der Waals surface area (Å²) in [6.07, 6.45) is 0. The van der Waals surface area contributed by atoms with Crippen LogP contribution in [0.1, 0.15) is 20.8 Å². The highest BCUT2D eigenvalue weighted by Gasteiger charge is 2.20. The van der Waals surface area contributed by atoms with Crippen LogP contribution >= 0.6 is 11.8 Å². The van der Waals surface area contributed by atoms with Crippen molar-refractivity contribution in [1.29, 1.82) is 0 Å². The van der Waals surface area contributed by atoms with Crippen LogP contribution < -0.4 is 10.1 Å². The van der Waals surface area contributed by atoms with Crippen LogP contribution in [-0.4, -0.2) is 31.9 Å². The van der Waals surface area contributed by atoms with Gasteiger partial charge in [0.2, 0.25) is 11.1 Å². The first kappa shape index (κ1) is 18.9. The number of aromatic nitrogens is 4. The van der Waals surface area contributed by atoms with Gasteiger partial charge in [-0.05, 0) is 67.6 Å². The number of nitrogens with zero attached hydrogens (tertiary/aromatic N) is 4. The number of benzene rings is 2. The molecule has 140 valence electrons. The second-order valence-electron chi connectivity index (χ2n) is 6.82. The molecule has 0 bridgehead atoms. The highest BCUT2D eigenvalue weighted by atomic mass is 32.2. The van der Waals surface area contributed by atoms with Crippen molar-refractivity contribution >= 4 is 23.4 Å². The largest absolute Gasteiger partial charge is 0.457 e. The zero-order valence-corrected chi connectivity index (χ0v) is 16.2. The molecule has 8 heteroatoms. The van der Waals surface area contributed by atoms with Crippen LogP contribution in [0.5, 0.6) is 11.5 Å². The molecule has 0 saturated carbocycles. The molecule has 1 heterocycles. The molecule has 1 amide bonds. The normalized spacial score (nSPS) is 11.2. The molecule has 27 heavy (non-hydrogen) atoms. The van der Waals surface area contributed by atoms with E-state index in [4.69, 9.17) is 4.74 Å². The van der Waals surface area contributed by atoms with Crippen molar-refractivity contribution in [3.05, 3.63) is 54.6 Å². The molecule has 0 saturated heterocycles. The molecule has 7 nitrogen and oxygen atoms in total. The second kappa shape index (κ2) is 8.22. The van der Waals surface area contributed by atoms with Gasteiger partial charge < -0.3 is 10.1 Å². The lowest BCUT2D eigenvalue weighted by atomic mass is 10.1. The van der Waals surface area contributed by atoms with Crippen LogP contribution in [0.15, 0.2) is 59.8 Å². The number of ether oxygens (including phenoxy) is 1. The smallest absolute Gasteiger partial charge is 0.234 e. The van der Waals surface area contributed by atoms with Crippen LogP contribution in [0.2, 0.25) is 0 Å². The van der Waals surface area contributed by atoms with Crippen LogP contribution in [0.4, 0.5) is 5.69 Å². The molecule has 0 unspecified atom stereocenters. The fraction of sp³-hybridized carbons (Fsp3) is 0.263. The molecule has 1 aromatic heterocycles. The number of tetrazole rings is 1. The molecule has 0 aliphatic carbocycles. The Kier molecular flexibility index (Phi) is 5.75. The molecule has 2 aromatic carbocycles. The summed E-state index contributed by atoms with van der Waals surface area (Å²) in [7, 11) is 0. The maximum atomic E-state index is 12.2. The Balaban J connectivity index is 1.53. The Labute approximate surface area is 162 Å². The molecular weight excluding hydrogens is 362 g/mol. The first-order chi connectivity index (χ1) is 12.9. The highest BCUT2D eigenvalue weighted by Crippen LogP contribution is 2.24. The number of anilines is 1. The van der Waals surface area contributed by atoms with E-state index in [0.29, 0.717) is 16.6 Å². The molecule has 0 aliphatic heterocycles. The summed E-state index contributed by atoms with van der Waals surface area (Å²) < 4.78 is 7.45. The quantitative estimate of drug-likeness (QED) is 0.649. The number of para-hydroxylation sites is 1. The Morgan fingerprint density at radius 1 is 1.07 bits per heavy atom. The molecule has 3 aromatic rings. The maximum absolute atomic E-state index is 12.2. The van der Waals surface area contributed by atoms with Crippen molar-refractivity contribution in [3.8, 4) is 11.5 Å². The number of rotatable bonds is 6. The van der Waals surface area contributed by atoms with Gasteiger partial charge in [0.05, 0.1) is 11.3 Å². The Morgan fingerprint density at radius 2 is 1.74 bits per heavy atom. The average molecular weight is 383 g/mol. The summed E-state index contributed by atoms with van der Waals surface area (Å²) in [5.74, 6) is 1.57. The minimum atomic E-state index is -0.239. The van der Waals surface area contributed by atoms with Crippen molar-refractivity contribution in [2.45, 2.75) is 31.5 Å². The van der Waals surface area contributed by atoms with Crippen LogP contribution in [-0.2, 0) is 10.3 Å². The van der Waals surface area contributed by atoms with E-state index in [1.165, 1.54) is 11.8 Å². The zero-order valence-electron chi connectivity index (χ0n) is 15.4. The third kappa shape index (κ3) is 5.30. The van der Waals surface area contributed by atoms with Gasteiger partial charge >= 0.3 is 0 Å². The second-order valence-corrected chi connectivity index (χ2v) is 7.76. The number of thioether (sulfide) groups is 1. The minimum Gasteiger partial charge on any atom is -0.457 e. The van der Waals surface area contributed by atoms with Gasteiger partial charge in [-0.3, -0.25) is 4.79 Å². The summed E-state index contributed by atoms with van der Waals surface area (Å²) in [6, 6.07) is 16.8. The summed E-state index contributed by atoms with van der Waals surface area (Å²) in [5, 5.41) is 15.1. The third-order valence-electron chi connectivity index (χ3n) is 3.53. The third-order valence-corrected chi connectivity index (χ3v) is 4.44. The van der Waals surface area contributed by atoms with E-state index in [9.17, 15) is 4.79 Å². The van der Waals surface area contributed by atoms with Crippen LogP contribution in [0.3, 0.4) is 0 Å². The van der Waals surface area contributed by atoms with Gasteiger partial charge in [0, 0.05) is 5.69 Å². The van der Waals surface area contributed by atoms with E-state index in [1.807, 2.05) is 63.2 Å².